The van der Waals surface area contributed by atoms with Crippen molar-refractivity contribution in [2.45, 2.75) is 23.3 Å². The first-order valence-corrected chi connectivity index (χ1v) is 6.83. The largest absolute Gasteiger partial charge is 0.313 e. The molecule has 2 rings (SSSR count). The molecule has 0 saturated heterocycles. The van der Waals surface area contributed by atoms with Gasteiger partial charge in [-0.15, -0.1) is 0 Å². The summed E-state index contributed by atoms with van der Waals surface area (Å²) >= 11 is 1.60. The average molecular weight is 261 g/mol. The molecule has 1 N–H and O–H groups in total. The van der Waals surface area contributed by atoms with Gasteiger partial charge in [0.05, 0.1) is 0 Å². The van der Waals surface area contributed by atoms with Crippen molar-refractivity contribution < 1.29 is 4.39 Å². The molecule has 94 valence electrons. The van der Waals surface area contributed by atoms with E-state index in [4.69, 9.17) is 0 Å². The van der Waals surface area contributed by atoms with Crippen molar-refractivity contribution >= 4 is 11.8 Å². The lowest BCUT2D eigenvalue weighted by molar-refractivity contribution is 0.624. The fourth-order valence-corrected chi connectivity index (χ4v) is 2.66. The summed E-state index contributed by atoms with van der Waals surface area (Å²) in [5.41, 5.74) is 1.24. The Balaban J connectivity index is 2.17. The summed E-state index contributed by atoms with van der Waals surface area (Å²) in [5, 5.41) is 3.31. The van der Waals surface area contributed by atoms with Crippen molar-refractivity contribution in [3.05, 3.63) is 59.9 Å². The predicted molar refractivity (Wildman–Crippen MR) is 74.3 cm³/mol. The highest BCUT2D eigenvalue weighted by atomic mass is 32.2. The van der Waals surface area contributed by atoms with E-state index in [0.717, 1.165) is 18.0 Å². The predicted octanol–water partition coefficient (Wildman–Crippen LogP) is 4.09. The molecule has 0 unspecified atom stereocenters. The van der Waals surface area contributed by atoms with E-state index in [1.165, 1.54) is 16.5 Å². The van der Waals surface area contributed by atoms with Crippen molar-refractivity contribution in [3.8, 4) is 0 Å². The van der Waals surface area contributed by atoms with Gasteiger partial charge >= 0.3 is 0 Å². The highest BCUT2D eigenvalue weighted by Gasteiger charge is 2.04. The molecule has 2 aromatic rings. The Morgan fingerprint density at radius 2 is 1.94 bits per heavy atom. The molecule has 0 spiro atoms. The highest BCUT2D eigenvalue weighted by molar-refractivity contribution is 7.99. The molecule has 18 heavy (non-hydrogen) atoms. The Labute approximate surface area is 111 Å². The minimum absolute atomic E-state index is 0.191. The first-order chi connectivity index (χ1) is 8.79. The monoisotopic (exact) mass is 261 g/mol. The quantitative estimate of drug-likeness (QED) is 0.870. The maximum atomic E-state index is 13.1. The van der Waals surface area contributed by atoms with Crippen molar-refractivity contribution in [2.75, 3.05) is 6.54 Å². The molecule has 0 atom stereocenters. The molecule has 0 saturated carbocycles. The van der Waals surface area contributed by atoms with E-state index in [0.29, 0.717) is 0 Å². The summed E-state index contributed by atoms with van der Waals surface area (Å²) in [6.45, 7) is 3.87. The fourth-order valence-electron chi connectivity index (χ4n) is 1.67. The summed E-state index contributed by atoms with van der Waals surface area (Å²) in [6.07, 6.45) is 0. The molecule has 0 fully saturated rings. The second-order valence-electron chi connectivity index (χ2n) is 3.95. The maximum Gasteiger partial charge on any atom is 0.124 e. The van der Waals surface area contributed by atoms with Crippen LogP contribution < -0.4 is 5.32 Å². The Bertz CT molecular complexity index is 513. The third-order valence-corrected chi connectivity index (χ3v) is 3.67. The average Bonchev–Trinajstić information content (AvgIpc) is 2.38. The molecule has 0 bridgehead atoms. The standard InChI is InChI=1S/C15H16FNS/c1-2-17-11-12-6-3-4-9-15(12)18-14-8-5-7-13(16)10-14/h3-10,17H,2,11H2,1H3. The van der Waals surface area contributed by atoms with Crippen molar-refractivity contribution in [1.82, 2.24) is 5.32 Å². The van der Waals surface area contributed by atoms with Crippen LogP contribution in [0.25, 0.3) is 0 Å². The number of nitrogens with one attached hydrogen (secondary N) is 1. The first-order valence-electron chi connectivity index (χ1n) is 6.01. The van der Waals surface area contributed by atoms with Crippen LogP contribution in [0.5, 0.6) is 0 Å². The Hall–Kier alpha value is -1.32. The Morgan fingerprint density at radius 1 is 1.11 bits per heavy atom. The Morgan fingerprint density at radius 3 is 2.72 bits per heavy atom. The molecular weight excluding hydrogens is 245 g/mol. The normalized spacial score (nSPS) is 10.6. The van der Waals surface area contributed by atoms with Gasteiger partial charge in [0.25, 0.3) is 0 Å². The fraction of sp³-hybridized carbons (Fsp3) is 0.200. The van der Waals surface area contributed by atoms with Gasteiger partial charge in [0.2, 0.25) is 0 Å². The van der Waals surface area contributed by atoms with Crippen LogP contribution in [0.4, 0.5) is 4.39 Å². The Kier molecular flexibility index (Phi) is 4.79. The molecule has 1 nitrogen and oxygen atoms in total. The van der Waals surface area contributed by atoms with Gasteiger partial charge in [-0.25, -0.2) is 4.39 Å². The molecule has 0 aliphatic rings. The minimum atomic E-state index is -0.191. The third-order valence-electron chi connectivity index (χ3n) is 2.56. The number of halogens is 1. The maximum absolute atomic E-state index is 13.1. The lowest BCUT2D eigenvalue weighted by atomic mass is 10.2. The third kappa shape index (κ3) is 3.59. The second kappa shape index (κ2) is 6.57. The van der Waals surface area contributed by atoms with Gasteiger partial charge in [-0.3, -0.25) is 0 Å². The van der Waals surface area contributed by atoms with Crippen LogP contribution in [0.2, 0.25) is 0 Å². The van der Waals surface area contributed by atoms with Gasteiger partial charge in [-0.1, -0.05) is 43.0 Å². The molecular formula is C15H16FNS. The van der Waals surface area contributed by atoms with Crippen LogP contribution in [0.3, 0.4) is 0 Å². The molecule has 2 aromatic carbocycles. The zero-order valence-electron chi connectivity index (χ0n) is 10.3. The van der Waals surface area contributed by atoms with Gasteiger partial charge in [0, 0.05) is 16.3 Å². The zero-order valence-corrected chi connectivity index (χ0v) is 11.1. The second-order valence-corrected chi connectivity index (χ2v) is 5.06. The van der Waals surface area contributed by atoms with Crippen LogP contribution in [-0.2, 0) is 6.54 Å². The summed E-state index contributed by atoms with van der Waals surface area (Å²) in [7, 11) is 0. The molecule has 3 heteroatoms. The SMILES string of the molecule is CCNCc1ccccc1Sc1cccc(F)c1. The topological polar surface area (TPSA) is 12.0 Å². The van der Waals surface area contributed by atoms with E-state index >= 15 is 0 Å². The summed E-state index contributed by atoms with van der Waals surface area (Å²) < 4.78 is 13.1. The van der Waals surface area contributed by atoms with Gasteiger partial charge < -0.3 is 5.32 Å². The number of hydrogen-bond donors (Lipinski definition) is 1. The minimum Gasteiger partial charge on any atom is -0.313 e. The first kappa shape index (κ1) is 13.1. The lowest BCUT2D eigenvalue weighted by Crippen LogP contribution is -2.12. The van der Waals surface area contributed by atoms with E-state index in [1.54, 1.807) is 23.9 Å². The van der Waals surface area contributed by atoms with Gasteiger partial charge in [0.15, 0.2) is 0 Å². The van der Waals surface area contributed by atoms with E-state index in [9.17, 15) is 4.39 Å². The van der Waals surface area contributed by atoms with Crippen LogP contribution >= 0.6 is 11.8 Å². The number of rotatable bonds is 5. The van der Waals surface area contributed by atoms with Crippen LogP contribution in [-0.4, -0.2) is 6.54 Å². The molecule has 0 aromatic heterocycles. The van der Waals surface area contributed by atoms with Gasteiger partial charge in [0.1, 0.15) is 5.82 Å². The van der Waals surface area contributed by atoms with Gasteiger partial charge in [-0.05, 0) is 36.4 Å². The molecule has 0 heterocycles. The summed E-state index contributed by atoms with van der Waals surface area (Å²) in [4.78, 5) is 2.10. The molecule has 0 aliphatic heterocycles. The van der Waals surface area contributed by atoms with Crippen molar-refractivity contribution in [3.63, 3.8) is 0 Å². The smallest absolute Gasteiger partial charge is 0.124 e. The molecule has 0 aliphatic carbocycles. The van der Waals surface area contributed by atoms with Crippen LogP contribution in [0.15, 0.2) is 58.3 Å². The van der Waals surface area contributed by atoms with E-state index < -0.39 is 0 Å². The zero-order chi connectivity index (χ0) is 12.8. The number of benzene rings is 2. The van der Waals surface area contributed by atoms with Crippen LogP contribution in [0, 0.1) is 5.82 Å². The van der Waals surface area contributed by atoms with Gasteiger partial charge in [-0.2, -0.15) is 0 Å². The molecule has 0 amide bonds. The van der Waals surface area contributed by atoms with Crippen LogP contribution in [0.1, 0.15) is 12.5 Å². The van der Waals surface area contributed by atoms with E-state index in [-0.39, 0.29) is 5.82 Å². The van der Waals surface area contributed by atoms with E-state index in [2.05, 4.69) is 24.4 Å². The lowest BCUT2D eigenvalue weighted by Gasteiger charge is -2.09. The summed E-state index contributed by atoms with van der Waals surface area (Å²) in [5.74, 6) is -0.191. The van der Waals surface area contributed by atoms with Crippen molar-refractivity contribution in [1.29, 1.82) is 0 Å². The van der Waals surface area contributed by atoms with E-state index in [1.807, 2.05) is 18.2 Å². The highest BCUT2D eigenvalue weighted by Crippen LogP contribution is 2.30. The molecule has 0 radical (unpaired) electrons. The number of hydrogen-bond acceptors (Lipinski definition) is 2. The summed E-state index contributed by atoms with van der Waals surface area (Å²) in [6, 6.07) is 14.9. The van der Waals surface area contributed by atoms with Crippen molar-refractivity contribution in [2.24, 2.45) is 0 Å².